The number of rotatable bonds is 8. The van der Waals surface area contributed by atoms with E-state index < -0.39 is 18.0 Å². The van der Waals surface area contributed by atoms with Gasteiger partial charge in [0.05, 0.1) is 6.61 Å². The van der Waals surface area contributed by atoms with Gasteiger partial charge in [-0.1, -0.05) is 13.2 Å². The van der Waals surface area contributed by atoms with Crippen molar-refractivity contribution in [2.75, 3.05) is 19.8 Å². The van der Waals surface area contributed by atoms with E-state index in [1.807, 2.05) is 6.92 Å². The lowest BCUT2D eigenvalue weighted by Gasteiger charge is -2.16. The molecule has 0 heterocycles. The lowest BCUT2D eigenvalue weighted by Crippen LogP contribution is -2.29. The fourth-order valence-electron chi connectivity index (χ4n) is 0.870. The van der Waals surface area contributed by atoms with E-state index >= 15 is 0 Å². The molecule has 0 aliphatic rings. The van der Waals surface area contributed by atoms with E-state index in [4.69, 9.17) is 14.2 Å². The predicted molar refractivity (Wildman–Crippen MR) is 62.3 cm³/mol. The standard InChI is InChI=1S/C12H18O5/c1-5-11(13)17-10(7-15-6-2)8-16-12(14)9(3)4/h5,10H,1,3,6-8H2,2,4H3. The Bertz CT molecular complexity index is 295. The van der Waals surface area contributed by atoms with E-state index in [0.29, 0.717) is 6.61 Å². The molecule has 0 saturated heterocycles. The van der Waals surface area contributed by atoms with Crippen molar-refractivity contribution in [2.45, 2.75) is 20.0 Å². The lowest BCUT2D eigenvalue weighted by atomic mass is 10.3. The summed E-state index contributed by atoms with van der Waals surface area (Å²) in [6, 6.07) is 0. The molecule has 96 valence electrons. The number of ether oxygens (including phenoxy) is 3. The van der Waals surface area contributed by atoms with Crippen LogP contribution in [0.2, 0.25) is 0 Å². The fraction of sp³-hybridized carbons (Fsp3) is 0.500. The van der Waals surface area contributed by atoms with Gasteiger partial charge in [-0.2, -0.15) is 0 Å². The quantitative estimate of drug-likeness (QED) is 0.473. The van der Waals surface area contributed by atoms with Gasteiger partial charge in [0.15, 0.2) is 6.10 Å². The van der Waals surface area contributed by atoms with Gasteiger partial charge in [-0.3, -0.25) is 0 Å². The Morgan fingerprint density at radius 2 is 2.00 bits per heavy atom. The van der Waals surface area contributed by atoms with Gasteiger partial charge in [0, 0.05) is 18.3 Å². The Balaban J connectivity index is 4.17. The number of esters is 2. The van der Waals surface area contributed by atoms with Crippen molar-refractivity contribution in [2.24, 2.45) is 0 Å². The van der Waals surface area contributed by atoms with Crippen LogP contribution in [0.3, 0.4) is 0 Å². The fourth-order valence-corrected chi connectivity index (χ4v) is 0.870. The molecular weight excluding hydrogens is 224 g/mol. The van der Waals surface area contributed by atoms with Crippen molar-refractivity contribution < 1.29 is 23.8 Å². The van der Waals surface area contributed by atoms with Crippen molar-refractivity contribution in [1.29, 1.82) is 0 Å². The molecular formula is C12H18O5. The van der Waals surface area contributed by atoms with Crippen LogP contribution in [0.15, 0.2) is 24.8 Å². The summed E-state index contributed by atoms with van der Waals surface area (Å²) in [6.07, 6.45) is 0.406. The summed E-state index contributed by atoms with van der Waals surface area (Å²) >= 11 is 0. The maximum absolute atomic E-state index is 11.2. The van der Waals surface area contributed by atoms with Crippen LogP contribution in [0.4, 0.5) is 0 Å². The van der Waals surface area contributed by atoms with E-state index in [0.717, 1.165) is 6.08 Å². The third kappa shape index (κ3) is 7.30. The SMILES string of the molecule is C=CC(=O)OC(COCC)COC(=O)C(=C)C. The zero-order valence-electron chi connectivity index (χ0n) is 10.2. The predicted octanol–water partition coefficient (Wildman–Crippen LogP) is 1.24. The molecule has 0 N–H and O–H groups in total. The van der Waals surface area contributed by atoms with Crippen molar-refractivity contribution >= 4 is 11.9 Å². The summed E-state index contributed by atoms with van der Waals surface area (Å²) in [6.45, 7) is 10.7. The Labute approximate surface area is 101 Å². The van der Waals surface area contributed by atoms with Gasteiger partial charge in [-0.25, -0.2) is 9.59 Å². The average Bonchev–Trinajstić information content (AvgIpc) is 2.31. The number of hydrogen-bond acceptors (Lipinski definition) is 5. The van der Waals surface area contributed by atoms with E-state index in [9.17, 15) is 9.59 Å². The minimum Gasteiger partial charge on any atom is -0.458 e. The number of carbonyl (C=O) groups is 2. The summed E-state index contributed by atoms with van der Waals surface area (Å²) in [5, 5.41) is 0. The maximum atomic E-state index is 11.2. The highest BCUT2D eigenvalue weighted by molar-refractivity contribution is 5.87. The summed E-state index contributed by atoms with van der Waals surface area (Å²) in [7, 11) is 0. The highest BCUT2D eigenvalue weighted by Gasteiger charge is 2.16. The summed E-state index contributed by atoms with van der Waals surface area (Å²) in [5.41, 5.74) is 0.287. The molecule has 5 nitrogen and oxygen atoms in total. The highest BCUT2D eigenvalue weighted by Crippen LogP contribution is 2.00. The van der Waals surface area contributed by atoms with Crippen LogP contribution in [0.25, 0.3) is 0 Å². The maximum Gasteiger partial charge on any atom is 0.333 e. The minimum absolute atomic E-state index is 0.0642. The zero-order chi connectivity index (χ0) is 13.3. The summed E-state index contributed by atoms with van der Waals surface area (Å²) < 4.78 is 14.9. The molecule has 0 spiro atoms. The first kappa shape index (κ1) is 15.4. The van der Waals surface area contributed by atoms with Gasteiger partial charge in [0.25, 0.3) is 0 Å². The first-order valence-corrected chi connectivity index (χ1v) is 5.24. The zero-order valence-corrected chi connectivity index (χ0v) is 10.2. The van der Waals surface area contributed by atoms with Gasteiger partial charge in [0.1, 0.15) is 6.61 Å². The molecule has 0 rings (SSSR count). The van der Waals surface area contributed by atoms with Crippen molar-refractivity contribution in [1.82, 2.24) is 0 Å². The summed E-state index contributed by atoms with van der Waals surface area (Å²) in [4.78, 5) is 22.2. The van der Waals surface area contributed by atoms with E-state index in [1.54, 1.807) is 0 Å². The summed E-state index contributed by atoms with van der Waals surface area (Å²) in [5.74, 6) is -1.11. The molecule has 0 saturated carbocycles. The second kappa shape index (κ2) is 8.52. The molecule has 0 amide bonds. The molecule has 0 fully saturated rings. The first-order chi connectivity index (χ1) is 8.01. The normalized spacial score (nSPS) is 11.4. The molecule has 1 unspecified atom stereocenters. The Kier molecular flexibility index (Phi) is 7.71. The smallest absolute Gasteiger partial charge is 0.333 e. The van der Waals surface area contributed by atoms with Gasteiger partial charge >= 0.3 is 11.9 Å². The van der Waals surface area contributed by atoms with E-state index in [-0.39, 0.29) is 18.8 Å². The van der Waals surface area contributed by atoms with E-state index in [2.05, 4.69) is 13.2 Å². The minimum atomic E-state index is -0.635. The molecule has 0 radical (unpaired) electrons. The van der Waals surface area contributed by atoms with Crippen LogP contribution in [0.1, 0.15) is 13.8 Å². The molecule has 1 atom stereocenters. The van der Waals surface area contributed by atoms with E-state index in [1.165, 1.54) is 6.92 Å². The number of carbonyl (C=O) groups excluding carboxylic acids is 2. The molecule has 0 bridgehead atoms. The van der Waals surface area contributed by atoms with Crippen molar-refractivity contribution in [3.63, 3.8) is 0 Å². The second-order valence-electron chi connectivity index (χ2n) is 3.30. The van der Waals surface area contributed by atoms with Crippen LogP contribution in [0.5, 0.6) is 0 Å². The molecule has 5 heteroatoms. The van der Waals surface area contributed by atoms with Crippen molar-refractivity contribution in [3.05, 3.63) is 24.8 Å². The monoisotopic (exact) mass is 242 g/mol. The van der Waals surface area contributed by atoms with Gasteiger partial charge in [-0.15, -0.1) is 0 Å². The molecule has 0 aromatic heterocycles. The largest absolute Gasteiger partial charge is 0.458 e. The topological polar surface area (TPSA) is 61.8 Å². The van der Waals surface area contributed by atoms with Gasteiger partial charge < -0.3 is 14.2 Å². The van der Waals surface area contributed by atoms with Crippen LogP contribution < -0.4 is 0 Å². The third-order valence-corrected chi connectivity index (χ3v) is 1.71. The van der Waals surface area contributed by atoms with Gasteiger partial charge in [0.2, 0.25) is 0 Å². The Morgan fingerprint density at radius 1 is 1.35 bits per heavy atom. The third-order valence-electron chi connectivity index (χ3n) is 1.71. The second-order valence-corrected chi connectivity index (χ2v) is 3.30. The Morgan fingerprint density at radius 3 is 2.47 bits per heavy atom. The van der Waals surface area contributed by atoms with Crippen LogP contribution >= 0.6 is 0 Å². The molecule has 0 aliphatic heterocycles. The lowest BCUT2D eigenvalue weighted by molar-refractivity contribution is -0.156. The van der Waals surface area contributed by atoms with Crippen molar-refractivity contribution in [3.8, 4) is 0 Å². The molecule has 17 heavy (non-hydrogen) atoms. The number of hydrogen-bond donors (Lipinski definition) is 0. The van der Waals surface area contributed by atoms with Crippen LogP contribution in [-0.4, -0.2) is 37.9 Å². The highest BCUT2D eigenvalue weighted by atomic mass is 16.6. The van der Waals surface area contributed by atoms with Crippen LogP contribution in [-0.2, 0) is 23.8 Å². The molecule has 0 aliphatic carbocycles. The molecule has 0 aromatic carbocycles. The van der Waals surface area contributed by atoms with Crippen LogP contribution in [0, 0.1) is 0 Å². The molecule has 0 aromatic rings. The Hall–Kier alpha value is -1.62. The average molecular weight is 242 g/mol. The van der Waals surface area contributed by atoms with Gasteiger partial charge in [-0.05, 0) is 13.8 Å². The first-order valence-electron chi connectivity index (χ1n) is 5.24.